The lowest BCUT2D eigenvalue weighted by molar-refractivity contribution is -0.121. The van der Waals surface area contributed by atoms with Crippen molar-refractivity contribution in [1.29, 1.82) is 0 Å². The molecule has 2 N–H and O–H groups in total. The molecule has 0 saturated heterocycles. The third-order valence-electron chi connectivity index (χ3n) is 2.51. The highest BCUT2D eigenvalue weighted by molar-refractivity contribution is 5.75. The molecule has 0 bridgehead atoms. The number of benzene rings is 1. The fraction of sp³-hybridized carbons (Fsp3) is 0.500. The first kappa shape index (κ1) is 14.7. The molecule has 0 heterocycles. The molecule has 0 saturated carbocycles. The number of amides is 1. The molecular weight excluding hydrogens is 228 g/mol. The number of carbonyl (C=O) groups is 1. The monoisotopic (exact) mass is 250 g/mol. The number of rotatable bonds is 9. The maximum atomic E-state index is 11.4. The minimum Gasteiger partial charge on any atom is -0.375 e. The van der Waals surface area contributed by atoms with Crippen molar-refractivity contribution in [2.75, 3.05) is 26.7 Å². The van der Waals surface area contributed by atoms with E-state index in [0.29, 0.717) is 26.2 Å². The summed E-state index contributed by atoms with van der Waals surface area (Å²) in [6.45, 7) is 2.59. The average Bonchev–Trinajstić information content (AvgIpc) is 2.40. The molecule has 1 aromatic carbocycles. The largest absolute Gasteiger partial charge is 0.375 e. The Morgan fingerprint density at radius 2 is 2.00 bits per heavy atom. The van der Waals surface area contributed by atoms with Gasteiger partial charge in [-0.05, 0) is 25.6 Å². The molecule has 100 valence electrons. The highest BCUT2D eigenvalue weighted by Crippen LogP contribution is 1.99. The van der Waals surface area contributed by atoms with Crippen LogP contribution in [0.1, 0.15) is 18.4 Å². The maximum absolute atomic E-state index is 11.4. The molecule has 0 aromatic heterocycles. The molecule has 0 unspecified atom stereocenters. The third kappa shape index (κ3) is 7.04. The Hall–Kier alpha value is -1.39. The van der Waals surface area contributed by atoms with Gasteiger partial charge < -0.3 is 15.4 Å². The summed E-state index contributed by atoms with van der Waals surface area (Å²) in [6.07, 6.45) is 1.44. The summed E-state index contributed by atoms with van der Waals surface area (Å²) in [5.41, 5.74) is 1.15. The Bertz CT molecular complexity index is 328. The molecule has 0 radical (unpaired) electrons. The molecule has 18 heavy (non-hydrogen) atoms. The normalized spacial score (nSPS) is 10.3. The first-order chi connectivity index (χ1) is 8.83. The fourth-order valence-corrected chi connectivity index (χ4v) is 1.54. The first-order valence-corrected chi connectivity index (χ1v) is 6.36. The van der Waals surface area contributed by atoms with Gasteiger partial charge in [-0.2, -0.15) is 0 Å². The van der Waals surface area contributed by atoms with Crippen molar-refractivity contribution in [2.24, 2.45) is 0 Å². The van der Waals surface area contributed by atoms with E-state index in [4.69, 9.17) is 4.74 Å². The maximum Gasteiger partial charge on any atom is 0.220 e. The van der Waals surface area contributed by atoms with Gasteiger partial charge in [-0.15, -0.1) is 0 Å². The smallest absolute Gasteiger partial charge is 0.220 e. The van der Waals surface area contributed by atoms with Gasteiger partial charge in [0.2, 0.25) is 5.91 Å². The lowest BCUT2D eigenvalue weighted by atomic mass is 10.2. The van der Waals surface area contributed by atoms with Gasteiger partial charge in [0.15, 0.2) is 0 Å². The van der Waals surface area contributed by atoms with Crippen LogP contribution in [0.4, 0.5) is 0 Å². The van der Waals surface area contributed by atoms with Gasteiger partial charge >= 0.3 is 0 Å². The van der Waals surface area contributed by atoms with Gasteiger partial charge in [-0.3, -0.25) is 4.79 Å². The van der Waals surface area contributed by atoms with Gasteiger partial charge in [0, 0.05) is 13.0 Å². The van der Waals surface area contributed by atoms with Crippen molar-refractivity contribution in [3.05, 3.63) is 35.9 Å². The quantitative estimate of drug-likeness (QED) is 0.650. The van der Waals surface area contributed by atoms with Gasteiger partial charge in [0.25, 0.3) is 0 Å². The van der Waals surface area contributed by atoms with Gasteiger partial charge in [-0.1, -0.05) is 30.3 Å². The van der Waals surface area contributed by atoms with Crippen molar-refractivity contribution in [2.45, 2.75) is 19.4 Å². The van der Waals surface area contributed by atoms with Gasteiger partial charge in [0.1, 0.15) is 0 Å². The summed E-state index contributed by atoms with van der Waals surface area (Å²) >= 11 is 0. The zero-order valence-electron chi connectivity index (χ0n) is 10.9. The highest BCUT2D eigenvalue weighted by Gasteiger charge is 1.99. The molecule has 0 aliphatic heterocycles. The molecule has 1 amide bonds. The Labute approximate surface area is 109 Å². The molecule has 0 aliphatic carbocycles. The van der Waals surface area contributed by atoms with Crippen LogP contribution >= 0.6 is 0 Å². The van der Waals surface area contributed by atoms with Crippen LogP contribution in [0, 0.1) is 0 Å². The van der Waals surface area contributed by atoms with E-state index in [0.717, 1.165) is 18.5 Å². The third-order valence-corrected chi connectivity index (χ3v) is 2.51. The van der Waals surface area contributed by atoms with E-state index < -0.39 is 0 Å². The van der Waals surface area contributed by atoms with Crippen LogP contribution in [-0.2, 0) is 16.1 Å². The predicted octanol–water partition coefficient (Wildman–Crippen LogP) is 1.32. The Morgan fingerprint density at radius 3 is 2.72 bits per heavy atom. The zero-order valence-corrected chi connectivity index (χ0v) is 10.9. The standard InChI is InChI=1S/C14H22N2O2/c1-15-9-5-8-14(17)16-10-11-18-12-13-6-3-2-4-7-13/h2-4,6-7,15H,5,8-12H2,1H3,(H,16,17). The molecule has 0 aliphatic rings. The molecule has 0 spiro atoms. The molecule has 1 rings (SSSR count). The van der Waals surface area contributed by atoms with Crippen LogP contribution in [0.15, 0.2) is 30.3 Å². The van der Waals surface area contributed by atoms with Gasteiger partial charge in [-0.25, -0.2) is 0 Å². The van der Waals surface area contributed by atoms with Crippen LogP contribution < -0.4 is 10.6 Å². The number of carbonyl (C=O) groups excluding carboxylic acids is 1. The van der Waals surface area contributed by atoms with Crippen molar-refractivity contribution < 1.29 is 9.53 Å². The lowest BCUT2D eigenvalue weighted by Gasteiger charge is -2.06. The Balaban J connectivity index is 1.97. The number of nitrogens with one attached hydrogen (secondary N) is 2. The SMILES string of the molecule is CNCCCC(=O)NCCOCc1ccccc1. The van der Waals surface area contributed by atoms with Crippen molar-refractivity contribution in [1.82, 2.24) is 10.6 Å². The fourth-order valence-electron chi connectivity index (χ4n) is 1.54. The van der Waals surface area contributed by atoms with Crippen LogP contribution in [0.3, 0.4) is 0 Å². The summed E-state index contributed by atoms with van der Waals surface area (Å²) in [4.78, 5) is 11.4. The van der Waals surface area contributed by atoms with Crippen LogP contribution in [0.5, 0.6) is 0 Å². The molecule has 4 heteroatoms. The first-order valence-electron chi connectivity index (χ1n) is 6.36. The number of hydrogen-bond acceptors (Lipinski definition) is 3. The predicted molar refractivity (Wildman–Crippen MR) is 72.3 cm³/mol. The topological polar surface area (TPSA) is 50.4 Å². The van der Waals surface area contributed by atoms with E-state index in [1.54, 1.807) is 0 Å². The van der Waals surface area contributed by atoms with Gasteiger partial charge in [0.05, 0.1) is 13.2 Å². The molecule has 4 nitrogen and oxygen atoms in total. The van der Waals surface area contributed by atoms with Crippen LogP contribution in [0.25, 0.3) is 0 Å². The van der Waals surface area contributed by atoms with Crippen LogP contribution in [0.2, 0.25) is 0 Å². The minimum absolute atomic E-state index is 0.0913. The van der Waals surface area contributed by atoms with E-state index in [-0.39, 0.29) is 5.91 Å². The highest BCUT2D eigenvalue weighted by atomic mass is 16.5. The number of hydrogen-bond donors (Lipinski definition) is 2. The number of ether oxygens (including phenoxy) is 1. The van der Waals surface area contributed by atoms with Crippen molar-refractivity contribution in [3.8, 4) is 0 Å². The Morgan fingerprint density at radius 1 is 1.22 bits per heavy atom. The second-order valence-electron chi connectivity index (χ2n) is 4.10. The summed E-state index contributed by atoms with van der Waals surface area (Å²) < 4.78 is 5.47. The van der Waals surface area contributed by atoms with E-state index in [1.807, 2.05) is 37.4 Å². The summed E-state index contributed by atoms with van der Waals surface area (Å²) in [7, 11) is 1.88. The summed E-state index contributed by atoms with van der Waals surface area (Å²) in [6, 6.07) is 10.0. The van der Waals surface area contributed by atoms with E-state index in [2.05, 4.69) is 10.6 Å². The van der Waals surface area contributed by atoms with E-state index >= 15 is 0 Å². The summed E-state index contributed by atoms with van der Waals surface area (Å²) in [5, 5.41) is 5.85. The molecule has 0 fully saturated rings. The zero-order chi connectivity index (χ0) is 13.1. The van der Waals surface area contributed by atoms with Crippen molar-refractivity contribution in [3.63, 3.8) is 0 Å². The Kier molecular flexibility index (Phi) is 7.84. The molecule has 0 atom stereocenters. The lowest BCUT2D eigenvalue weighted by Crippen LogP contribution is -2.27. The molecular formula is C14H22N2O2. The minimum atomic E-state index is 0.0913. The van der Waals surface area contributed by atoms with E-state index in [9.17, 15) is 4.79 Å². The van der Waals surface area contributed by atoms with Crippen molar-refractivity contribution >= 4 is 5.91 Å². The average molecular weight is 250 g/mol. The second kappa shape index (κ2) is 9.62. The van der Waals surface area contributed by atoms with E-state index in [1.165, 1.54) is 0 Å². The van der Waals surface area contributed by atoms with Crippen LogP contribution in [-0.4, -0.2) is 32.7 Å². The molecule has 1 aromatic rings. The second-order valence-corrected chi connectivity index (χ2v) is 4.10. The summed E-state index contributed by atoms with van der Waals surface area (Å²) in [5.74, 6) is 0.0913.